The number of halogens is 2. The van der Waals surface area contributed by atoms with Gasteiger partial charge in [-0.2, -0.15) is 5.26 Å². The van der Waals surface area contributed by atoms with E-state index in [4.69, 9.17) is 11.0 Å². The van der Waals surface area contributed by atoms with Crippen LogP contribution in [0.3, 0.4) is 0 Å². The van der Waals surface area contributed by atoms with Crippen molar-refractivity contribution in [1.29, 1.82) is 5.26 Å². The monoisotopic (exact) mass is 299 g/mol. The third-order valence-electron chi connectivity index (χ3n) is 2.51. The van der Waals surface area contributed by atoms with Crippen molar-refractivity contribution in [3.8, 4) is 6.07 Å². The smallest absolute Gasteiger partial charge is 0.139 e. The van der Waals surface area contributed by atoms with Gasteiger partial charge in [-0.15, -0.1) is 0 Å². The van der Waals surface area contributed by atoms with Gasteiger partial charge >= 0.3 is 0 Å². The third-order valence-corrected chi connectivity index (χ3v) is 3.11. The van der Waals surface area contributed by atoms with Crippen LogP contribution < -0.4 is 10.6 Å². The Labute approximate surface area is 109 Å². The maximum absolute atomic E-state index is 13.3. The van der Waals surface area contributed by atoms with Crippen molar-refractivity contribution >= 4 is 27.3 Å². The van der Waals surface area contributed by atoms with Crippen molar-refractivity contribution in [3.63, 3.8) is 0 Å². The maximum Gasteiger partial charge on any atom is 0.139 e. The highest BCUT2D eigenvalue weighted by Gasteiger charge is 2.14. The SMILES string of the molecule is CCN(CC(C)C#N)c1cc(Br)c(F)cc1N. The molecule has 17 heavy (non-hydrogen) atoms. The lowest BCUT2D eigenvalue weighted by Crippen LogP contribution is -2.28. The highest BCUT2D eigenvalue weighted by molar-refractivity contribution is 9.10. The van der Waals surface area contributed by atoms with Gasteiger partial charge in [0.05, 0.1) is 27.8 Å². The molecule has 0 aliphatic heterocycles. The van der Waals surface area contributed by atoms with Crippen LogP contribution in [0.1, 0.15) is 13.8 Å². The number of anilines is 2. The molecule has 3 nitrogen and oxygen atoms in total. The second-order valence-corrected chi connectivity index (χ2v) is 4.75. The Morgan fingerprint density at radius 1 is 1.59 bits per heavy atom. The van der Waals surface area contributed by atoms with E-state index < -0.39 is 0 Å². The van der Waals surface area contributed by atoms with E-state index >= 15 is 0 Å². The van der Waals surface area contributed by atoms with Gasteiger partial charge in [-0.3, -0.25) is 0 Å². The van der Waals surface area contributed by atoms with Crippen molar-refractivity contribution in [3.05, 3.63) is 22.4 Å². The summed E-state index contributed by atoms with van der Waals surface area (Å²) in [5, 5.41) is 8.82. The Morgan fingerprint density at radius 3 is 2.76 bits per heavy atom. The van der Waals surface area contributed by atoms with E-state index in [9.17, 15) is 4.39 Å². The zero-order chi connectivity index (χ0) is 13.0. The first kappa shape index (κ1) is 13.8. The zero-order valence-electron chi connectivity index (χ0n) is 9.87. The molecule has 0 saturated carbocycles. The lowest BCUT2D eigenvalue weighted by molar-refractivity contribution is 0.620. The van der Waals surface area contributed by atoms with E-state index in [0.29, 0.717) is 23.2 Å². The number of hydrogen-bond donors (Lipinski definition) is 1. The minimum Gasteiger partial charge on any atom is -0.397 e. The van der Waals surface area contributed by atoms with Crippen LogP contribution in [0.4, 0.5) is 15.8 Å². The molecule has 1 aromatic carbocycles. The number of nitriles is 1. The van der Waals surface area contributed by atoms with E-state index in [1.54, 1.807) is 6.07 Å². The summed E-state index contributed by atoms with van der Waals surface area (Å²) >= 11 is 3.14. The topological polar surface area (TPSA) is 53.0 Å². The van der Waals surface area contributed by atoms with Crippen molar-refractivity contribution in [1.82, 2.24) is 0 Å². The van der Waals surface area contributed by atoms with Gasteiger partial charge in [0.15, 0.2) is 0 Å². The molecular weight excluding hydrogens is 285 g/mol. The molecule has 0 aliphatic rings. The van der Waals surface area contributed by atoms with Crippen LogP contribution in [0.15, 0.2) is 16.6 Å². The molecule has 1 rings (SSSR count). The van der Waals surface area contributed by atoms with E-state index in [2.05, 4.69) is 22.0 Å². The van der Waals surface area contributed by atoms with Crippen LogP contribution in [0.25, 0.3) is 0 Å². The minimum absolute atomic E-state index is 0.0989. The summed E-state index contributed by atoms with van der Waals surface area (Å²) in [6, 6.07) is 5.12. The quantitative estimate of drug-likeness (QED) is 0.869. The average Bonchev–Trinajstić information content (AvgIpc) is 2.30. The van der Waals surface area contributed by atoms with Gasteiger partial charge in [0.25, 0.3) is 0 Å². The molecule has 0 fully saturated rings. The summed E-state index contributed by atoms with van der Waals surface area (Å²) in [6.07, 6.45) is 0. The van der Waals surface area contributed by atoms with Crippen LogP contribution in [-0.2, 0) is 0 Å². The Morgan fingerprint density at radius 2 is 2.24 bits per heavy atom. The van der Waals surface area contributed by atoms with Gasteiger partial charge < -0.3 is 10.6 Å². The van der Waals surface area contributed by atoms with Crippen LogP contribution >= 0.6 is 15.9 Å². The van der Waals surface area contributed by atoms with Crippen LogP contribution in [0, 0.1) is 23.1 Å². The molecule has 1 unspecified atom stereocenters. The fourth-order valence-electron chi connectivity index (χ4n) is 1.59. The fourth-order valence-corrected chi connectivity index (χ4v) is 1.93. The number of rotatable bonds is 4. The lowest BCUT2D eigenvalue weighted by Gasteiger charge is -2.25. The molecule has 0 radical (unpaired) electrons. The van der Waals surface area contributed by atoms with Gasteiger partial charge in [0.1, 0.15) is 5.82 Å². The Kier molecular flexibility index (Phi) is 4.76. The molecule has 0 amide bonds. The van der Waals surface area contributed by atoms with Crippen LogP contribution in [-0.4, -0.2) is 13.1 Å². The van der Waals surface area contributed by atoms with Crippen LogP contribution in [0.2, 0.25) is 0 Å². The molecule has 0 spiro atoms. The number of hydrogen-bond acceptors (Lipinski definition) is 3. The lowest BCUT2D eigenvalue weighted by atomic mass is 10.1. The van der Waals surface area contributed by atoms with E-state index in [0.717, 1.165) is 5.69 Å². The summed E-state index contributed by atoms with van der Waals surface area (Å²) in [7, 11) is 0. The Balaban J connectivity index is 3.04. The summed E-state index contributed by atoms with van der Waals surface area (Å²) in [5.41, 5.74) is 6.94. The highest BCUT2D eigenvalue weighted by atomic mass is 79.9. The standard InChI is InChI=1S/C12H15BrFN3/c1-3-17(7-8(2)6-15)12-4-9(13)10(14)5-11(12)16/h4-5,8H,3,7,16H2,1-2H3. The van der Waals surface area contributed by atoms with E-state index in [1.807, 2.05) is 18.7 Å². The normalized spacial score (nSPS) is 11.9. The molecular formula is C12H15BrFN3. The predicted octanol–water partition coefficient (Wildman–Crippen LogP) is 3.16. The van der Waals surface area contributed by atoms with Gasteiger partial charge in [0, 0.05) is 19.2 Å². The first-order chi connectivity index (χ1) is 7.99. The molecule has 0 saturated heterocycles. The maximum atomic E-state index is 13.3. The second kappa shape index (κ2) is 5.87. The molecule has 1 aromatic rings. The van der Waals surface area contributed by atoms with E-state index in [1.165, 1.54) is 6.07 Å². The Bertz CT molecular complexity index is 442. The van der Waals surface area contributed by atoms with Crippen LogP contribution in [0.5, 0.6) is 0 Å². The van der Waals surface area contributed by atoms with Gasteiger partial charge in [-0.1, -0.05) is 0 Å². The largest absolute Gasteiger partial charge is 0.397 e. The molecule has 0 heterocycles. The summed E-state index contributed by atoms with van der Waals surface area (Å²) in [4.78, 5) is 1.97. The first-order valence-electron chi connectivity index (χ1n) is 5.38. The second-order valence-electron chi connectivity index (χ2n) is 3.89. The van der Waals surface area contributed by atoms with Gasteiger partial charge in [-0.05, 0) is 35.8 Å². The van der Waals surface area contributed by atoms with Gasteiger partial charge in [-0.25, -0.2) is 4.39 Å². The third kappa shape index (κ3) is 3.34. The molecule has 0 aromatic heterocycles. The number of nitrogens with two attached hydrogens (primary N) is 1. The summed E-state index contributed by atoms with van der Waals surface area (Å²) in [6.45, 7) is 5.11. The molecule has 0 aliphatic carbocycles. The Hall–Kier alpha value is -1.28. The molecule has 92 valence electrons. The summed E-state index contributed by atoms with van der Waals surface area (Å²) < 4.78 is 13.6. The molecule has 0 bridgehead atoms. The highest BCUT2D eigenvalue weighted by Crippen LogP contribution is 2.30. The number of nitrogens with zero attached hydrogens (tertiary/aromatic N) is 2. The fraction of sp³-hybridized carbons (Fsp3) is 0.417. The summed E-state index contributed by atoms with van der Waals surface area (Å²) in [5.74, 6) is -0.478. The van der Waals surface area contributed by atoms with Gasteiger partial charge in [0.2, 0.25) is 0 Å². The zero-order valence-corrected chi connectivity index (χ0v) is 11.5. The minimum atomic E-state index is -0.379. The van der Waals surface area contributed by atoms with Crippen molar-refractivity contribution in [2.45, 2.75) is 13.8 Å². The van der Waals surface area contributed by atoms with Crippen molar-refractivity contribution in [2.75, 3.05) is 23.7 Å². The molecule has 1 atom stereocenters. The van der Waals surface area contributed by atoms with E-state index in [-0.39, 0.29) is 11.7 Å². The van der Waals surface area contributed by atoms with Crippen molar-refractivity contribution < 1.29 is 4.39 Å². The first-order valence-corrected chi connectivity index (χ1v) is 6.18. The molecule has 2 N–H and O–H groups in total. The number of nitrogen functional groups attached to an aromatic ring is 1. The number of benzene rings is 1. The molecule has 5 heteroatoms. The average molecular weight is 300 g/mol. The predicted molar refractivity (Wildman–Crippen MR) is 71.2 cm³/mol. The van der Waals surface area contributed by atoms with Crippen molar-refractivity contribution in [2.24, 2.45) is 5.92 Å².